The van der Waals surface area contributed by atoms with Crippen molar-refractivity contribution in [2.45, 2.75) is 51.6 Å². The number of hydrogen-bond donors (Lipinski definition) is 0. The number of halogens is 1. The van der Waals surface area contributed by atoms with Gasteiger partial charge in [-0.1, -0.05) is 55.8 Å². The number of hydrogen-bond acceptors (Lipinski definition) is 7. The van der Waals surface area contributed by atoms with E-state index < -0.39 is 0 Å². The second-order valence-electron chi connectivity index (χ2n) is 11.5. The molecular weight excluding hydrogens is 548 g/mol. The minimum absolute atomic E-state index is 0.00246. The molecule has 222 valence electrons. The van der Waals surface area contributed by atoms with Crippen molar-refractivity contribution in [3.63, 3.8) is 0 Å². The SMILES string of the molecule is C=CC(=O)N1CCN(c2nc(OCCN3CCCCC3)nc3c2CCN(c2cccc4cccc(Cl)c24)C3)C[C@@H]1CC. The van der Waals surface area contributed by atoms with Gasteiger partial charge in [0, 0.05) is 55.4 Å². The Hall–Kier alpha value is -3.36. The number of rotatable bonds is 8. The Bertz CT molecular complexity index is 1440. The zero-order valence-electron chi connectivity index (χ0n) is 24.6. The summed E-state index contributed by atoms with van der Waals surface area (Å²) in [6.45, 7) is 13.2. The van der Waals surface area contributed by atoms with Crippen LogP contribution in [0, 0.1) is 0 Å². The highest BCUT2D eigenvalue weighted by Gasteiger charge is 2.32. The molecule has 2 aromatic carbocycles. The molecule has 0 radical (unpaired) electrons. The molecule has 3 aliphatic rings. The molecule has 6 rings (SSSR count). The third-order valence-electron chi connectivity index (χ3n) is 8.99. The van der Waals surface area contributed by atoms with Gasteiger partial charge in [-0.15, -0.1) is 0 Å². The van der Waals surface area contributed by atoms with Crippen molar-refractivity contribution >= 4 is 39.8 Å². The van der Waals surface area contributed by atoms with E-state index in [0.29, 0.717) is 25.7 Å². The number of fused-ring (bicyclic) bond motifs is 2. The number of nitrogens with zero attached hydrogens (tertiary/aromatic N) is 6. The summed E-state index contributed by atoms with van der Waals surface area (Å²) in [5, 5.41) is 2.97. The number of benzene rings is 2. The van der Waals surface area contributed by atoms with Crippen LogP contribution in [-0.2, 0) is 17.8 Å². The molecule has 2 fully saturated rings. The van der Waals surface area contributed by atoms with E-state index in [9.17, 15) is 4.79 Å². The Balaban J connectivity index is 1.30. The van der Waals surface area contributed by atoms with Gasteiger partial charge in [0.05, 0.1) is 17.3 Å². The number of piperidine rings is 1. The van der Waals surface area contributed by atoms with E-state index in [1.165, 1.54) is 30.9 Å². The third-order valence-corrected chi connectivity index (χ3v) is 9.31. The number of carbonyl (C=O) groups is 1. The van der Waals surface area contributed by atoms with Gasteiger partial charge in [-0.25, -0.2) is 0 Å². The first-order chi connectivity index (χ1) is 20.6. The molecule has 1 aromatic heterocycles. The predicted octanol–water partition coefficient (Wildman–Crippen LogP) is 5.32. The van der Waals surface area contributed by atoms with E-state index >= 15 is 0 Å². The topological polar surface area (TPSA) is 65.0 Å². The summed E-state index contributed by atoms with van der Waals surface area (Å²) in [5.74, 6) is 0.949. The standard InChI is InChI=1S/C33H41ClN6O2/c1-3-25-22-39(18-19-40(25)30(41)4-2)32-26-14-17-38(29-13-9-11-24-10-8-12-27(34)31(24)29)23-28(26)35-33(36-32)42-21-20-37-15-6-5-7-16-37/h4,8-13,25H,2-3,5-7,14-23H2,1H3/t25-/m0/s1. The van der Waals surface area contributed by atoms with E-state index in [2.05, 4.69) is 52.5 Å². The minimum atomic E-state index is -0.00246. The third kappa shape index (κ3) is 5.92. The molecule has 2 saturated heterocycles. The molecule has 3 aromatic rings. The van der Waals surface area contributed by atoms with Gasteiger partial charge in [0.2, 0.25) is 5.91 Å². The lowest BCUT2D eigenvalue weighted by Gasteiger charge is -2.42. The molecule has 4 heterocycles. The Morgan fingerprint density at radius 3 is 2.64 bits per heavy atom. The maximum Gasteiger partial charge on any atom is 0.318 e. The van der Waals surface area contributed by atoms with Crippen LogP contribution in [0.5, 0.6) is 6.01 Å². The fraction of sp³-hybridized carbons (Fsp3) is 0.485. The molecule has 0 spiro atoms. The van der Waals surface area contributed by atoms with Crippen LogP contribution < -0.4 is 14.5 Å². The van der Waals surface area contributed by atoms with E-state index in [0.717, 1.165) is 85.1 Å². The van der Waals surface area contributed by atoms with E-state index in [-0.39, 0.29) is 11.9 Å². The molecule has 0 unspecified atom stereocenters. The highest BCUT2D eigenvalue weighted by atomic mass is 35.5. The van der Waals surface area contributed by atoms with Gasteiger partial charge < -0.3 is 19.4 Å². The molecule has 1 amide bonds. The number of aromatic nitrogens is 2. The Morgan fingerprint density at radius 2 is 1.86 bits per heavy atom. The van der Waals surface area contributed by atoms with Gasteiger partial charge in [-0.3, -0.25) is 9.69 Å². The van der Waals surface area contributed by atoms with Crippen molar-refractivity contribution in [1.29, 1.82) is 0 Å². The molecule has 42 heavy (non-hydrogen) atoms. The normalized spacial score (nSPS) is 19.6. The number of ether oxygens (including phenoxy) is 1. The van der Waals surface area contributed by atoms with Crippen molar-refractivity contribution in [3.05, 3.63) is 65.3 Å². The summed E-state index contributed by atoms with van der Waals surface area (Å²) in [6.07, 6.45) is 6.95. The zero-order chi connectivity index (χ0) is 29.1. The van der Waals surface area contributed by atoms with Gasteiger partial charge in [-0.05, 0) is 62.4 Å². The molecule has 1 atom stereocenters. The maximum absolute atomic E-state index is 12.5. The van der Waals surface area contributed by atoms with E-state index in [1.54, 1.807) is 0 Å². The van der Waals surface area contributed by atoms with Gasteiger partial charge >= 0.3 is 6.01 Å². The Labute approximate surface area is 253 Å². The lowest BCUT2D eigenvalue weighted by Crippen LogP contribution is -2.55. The van der Waals surface area contributed by atoms with Crippen LogP contribution in [0.4, 0.5) is 11.5 Å². The molecular formula is C33H41ClN6O2. The largest absolute Gasteiger partial charge is 0.462 e. The number of likely N-dealkylation sites (tertiary alicyclic amines) is 1. The van der Waals surface area contributed by atoms with Crippen molar-refractivity contribution in [3.8, 4) is 6.01 Å². The summed E-state index contributed by atoms with van der Waals surface area (Å²) in [6, 6.07) is 13.0. The van der Waals surface area contributed by atoms with Gasteiger partial charge in [0.15, 0.2) is 0 Å². The summed E-state index contributed by atoms with van der Waals surface area (Å²) in [5.41, 5.74) is 3.30. The Morgan fingerprint density at radius 1 is 1.05 bits per heavy atom. The zero-order valence-corrected chi connectivity index (χ0v) is 25.4. The summed E-state index contributed by atoms with van der Waals surface area (Å²) < 4.78 is 6.26. The van der Waals surface area contributed by atoms with Crippen LogP contribution in [0.3, 0.4) is 0 Å². The fourth-order valence-corrected chi connectivity index (χ4v) is 6.99. The highest BCUT2D eigenvalue weighted by molar-refractivity contribution is 6.36. The van der Waals surface area contributed by atoms with Crippen molar-refractivity contribution in [2.24, 2.45) is 0 Å². The monoisotopic (exact) mass is 588 g/mol. The molecule has 9 heteroatoms. The predicted molar refractivity (Wildman–Crippen MR) is 170 cm³/mol. The first kappa shape index (κ1) is 28.7. The van der Waals surface area contributed by atoms with Gasteiger partial charge in [0.1, 0.15) is 12.4 Å². The molecule has 3 aliphatic heterocycles. The first-order valence-corrected chi connectivity index (χ1v) is 15.8. The van der Waals surface area contributed by atoms with Crippen LogP contribution >= 0.6 is 11.6 Å². The second-order valence-corrected chi connectivity index (χ2v) is 11.9. The smallest absolute Gasteiger partial charge is 0.318 e. The summed E-state index contributed by atoms with van der Waals surface area (Å²) in [4.78, 5) is 31.7. The van der Waals surface area contributed by atoms with Crippen LogP contribution in [0.2, 0.25) is 5.02 Å². The number of carbonyl (C=O) groups excluding carboxylic acids is 1. The number of amides is 1. The van der Waals surface area contributed by atoms with Crippen LogP contribution in [0.1, 0.15) is 43.9 Å². The number of piperazine rings is 1. The quantitative estimate of drug-likeness (QED) is 0.330. The lowest BCUT2D eigenvalue weighted by atomic mass is 10.0. The van der Waals surface area contributed by atoms with E-state index in [4.69, 9.17) is 26.3 Å². The highest BCUT2D eigenvalue weighted by Crippen LogP contribution is 2.37. The number of anilines is 2. The lowest BCUT2D eigenvalue weighted by molar-refractivity contribution is -0.128. The van der Waals surface area contributed by atoms with Crippen molar-refractivity contribution < 1.29 is 9.53 Å². The van der Waals surface area contributed by atoms with Crippen LogP contribution in [0.25, 0.3) is 10.8 Å². The molecule has 0 saturated carbocycles. The molecule has 0 aliphatic carbocycles. The second kappa shape index (κ2) is 12.9. The average Bonchev–Trinajstić information content (AvgIpc) is 3.03. The van der Waals surface area contributed by atoms with Crippen LogP contribution in [0.15, 0.2) is 49.1 Å². The summed E-state index contributed by atoms with van der Waals surface area (Å²) >= 11 is 6.71. The minimum Gasteiger partial charge on any atom is -0.462 e. The van der Waals surface area contributed by atoms with Crippen molar-refractivity contribution in [2.75, 3.05) is 62.2 Å². The van der Waals surface area contributed by atoms with Crippen LogP contribution in [-0.4, -0.2) is 84.1 Å². The van der Waals surface area contributed by atoms with Crippen molar-refractivity contribution in [1.82, 2.24) is 19.8 Å². The van der Waals surface area contributed by atoms with Gasteiger partial charge in [-0.2, -0.15) is 9.97 Å². The first-order valence-electron chi connectivity index (χ1n) is 15.4. The Kier molecular flexibility index (Phi) is 8.81. The molecule has 8 nitrogen and oxygen atoms in total. The molecule has 0 N–H and O–H groups in total. The molecule has 0 bridgehead atoms. The average molecular weight is 589 g/mol. The summed E-state index contributed by atoms with van der Waals surface area (Å²) in [7, 11) is 0. The van der Waals surface area contributed by atoms with Gasteiger partial charge in [0.25, 0.3) is 0 Å². The van der Waals surface area contributed by atoms with E-state index in [1.807, 2.05) is 17.0 Å². The fourth-order valence-electron chi connectivity index (χ4n) is 6.71. The maximum atomic E-state index is 12.5.